The molecule has 0 radical (unpaired) electrons. The van der Waals surface area contributed by atoms with Crippen LogP contribution in [0.25, 0.3) is 0 Å². The maximum absolute atomic E-state index is 5.51. The highest BCUT2D eigenvalue weighted by molar-refractivity contribution is 14.0. The first-order valence-corrected chi connectivity index (χ1v) is 9.89. The van der Waals surface area contributed by atoms with Gasteiger partial charge in [-0.1, -0.05) is 12.1 Å². The van der Waals surface area contributed by atoms with Crippen molar-refractivity contribution in [3.05, 3.63) is 29.8 Å². The summed E-state index contributed by atoms with van der Waals surface area (Å²) >= 11 is 0. The quantitative estimate of drug-likeness (QED) is 0.218. The van der Waals surface area contributed by atoms with E-state index in [0.717, 1.165) is 44.3 Å². The van der Waals surface area contributed by atoms with Crippen molar-refractivity contribution in [1.82, 2.24) is 15.1 Å². The molecule has 1 aromatic carbocycles. The number of ether oxygens (including phenoxy) is 1. The number of aliphatic imine (C=N–C) groups is 1. The molecule has 0 spiro atoms. The van der Waals surface area contributed by atoms with Crippen LogP contribution in [0.5, 0.6) is 5.75 Å². The minimum atomic E-state index is 0. The summed E-state index contributed by atoms with van der Waals surface area (Å²) in [5.41, 5.74) is 1.25. The Morgan fingerprint density at radius 1 is 1.11 bits per heavy atom. The second kappa shape index (κ2) is 15.0. The molecule has 0 fully saturated rings. The Bertz CT molecular complexity index is 519. The van der Waals surface area contributed by atoms with Gasteiger partial charge in [0.25, 0.3) is 0 Å². The normalized spacial score (nSPS) is 11.5. The van der Waals surface area contributed by atoms with Gasteiger partial charge in [-0.05, 0) is 71.8 Å². The van der Waals surface area contributed by atoms with E-state index in [1.807, 2.05) is 19.1 Å². The molecular weight excluding hydrogens is 451 g/mol. The van der Waals surface area contributed by atoms with E-state index in [-0.39, 0.29) is 24.0 Å². The van der Waals surface area contributed by atoms with Gasteiger partial charge in [-0.3, -0.25) is 4.99 Å². The SMILES string of the molecule is CCNC(=NCCCCN(C)C(C)C)N(C)Cc1ccc(OCC)cc1.I. The highest BCUT2D eigenvalue weighted by atomic mass is 127. The van der Waals surface area contributed by atoms with Crippen LogP contribution < -0.4 is 10.1 Å². The molecule has 6 heteroatoms. The zero-order valence-electron chi connectivity index (χ0n) is 18.0. The Morgan fingerprint density at radius 2 is 1.78 bits per heavy atom. The van der Waals surface area contributed by atoms with E-state index in [1.165, 1.54) is 12.0 Å². The zero-order valence-corrected chi connectivity index (χ0v) is 20.3. The van der Waals surface area contributed by atoms with E-state index in [9.17, 15) is 0 Å². The molecular formula is C21H39IN4O. The fraction of sp³-hybridized carbons (Fsp3) is 0.667. The standard InChI is InChI=1S/C21H38N4O.HI/c1-7-22-21(23-15-9-10-16-24(5)18(3)4)25(6)17-19-11-13-20(14-12-19)26-8-2;/h11-14,18H,7-10,15-17H2,1-6H3,(H,22,23);1H. The van der Waals surface area contributed by atoms with Crippen molar-refractivity contribution in [1.29, 1.82) is 0 Å². The Kier molecular flexibility index (Phi) is 14.4. The molecule has 0 aliphatic carbocycles. The van der Waals surface area contributed by atoms with Gasteiger partial charge in [0.1, 0.15) is 5.75 Å². The minimum absolute atomic E-state index is 0. The molecule has 0 saturated carbocycles. The lowest BCUT2D eigenvalue weighted by Gasteiger charge is -2.23. The molecule has 1 aromatic rings. The number of hydrogen-bond acceptors (Lipinski definition) is 3. The van der Waals surface area contributed by atoms with Crippen LogP contribution in [0.1, 0.15) is 46.1 Å². The Balaban J connectivity index is 0.00000676. The maximum Gasteiger partial charge on any atom is 0.193 e. The lowest BCUT2D eigenvalue weighted by atomic mass is 10.2. The number of nitrogens with zero attached hydrogens (tertiary/aromatic N) is 3. The summed E-state index contributed by atoms with van der Waals surface area (Å²) in [6.07, 6.45) is 2.29. The van der Waals surface area contributed by atoms with Gasteiger partial charge in [0, 0.05) is 32.7 Å². The fourth-order valence-corrected chi connectivity index (χ4v) is 2.59. The first kappa shape index (κ1) is 26.0. The highest BCUT2D eigenvalue weighted by Gasteiger charge is 2.07. The summed E-state index contributed by atoms with van der Waals surface area (Å²) in [7, 11) is 4.27. The van der Waals surface area contributed by atoms with Crippen molar-refractivity contribution < 1.29 is 4.74 Å². The molecule has 0 amide bonds. The number of rotatable bonds is 11. The Labute approximate surface area is 183 Å². The van der Waals surface area contributed by atoms with Crippen LogP contribution >= 0.6 is 24.0 Å². The first-order chi connectivity index (χ1) is 12.5. The second-order valence-electron chi connectivity index (χ2n) is 6.95. The number of hydrogen-bond donors (Lipinski definition) is 1. The Hall–Kier alpha value is -1.02. The molecule has 0 bridgehead atoms. The molecule has 5 nitrogen and oxygen atoms in total. The van der Waals surface area contributed by atoms with Gasteiger partial charge in [0.2, 0.25) is 0 Å². The van der Waals surface area contributed by atoms with E-state index in [1.54, 1.807) is 0 Å². The number of unbranched alkanes of at least 4 members (excludes halogenated alkanes) is 1. The number of halogens is 1. The Morgan fingerprint density at radius 3 is 2.33 bits per heavy atom. The van der Waals surface area contributed by atoms with Gasteiger partial charge >= 0.3 is 0 Å². The third-order valence-corrected chi connectivity index (χ3v) is 4.41. The topological polar surface area (TPSA) is 40.1 Å². The molecule has 0 aliphatic rings. The molecule has 0 saturated heterocycles. The van der Waals surface area contributed by atoms with Crippen molar-refractivity contribution in [2.75, 3.05) is 40.3 Å². The molecule has 1 rings (SSSR count). The first-order valence-electron chi connectivity index (χ1n) is 9.89. The van der Waals surface area contributed by atoms with Crippen molar-refractivity contribution in [3.8, 4) is 5.75 Å². The molecule has 0 aliphatic heterocycles. The van der Waals surface area contributed by atoms with Crippen molar-refractivity contribution >= 4 is 29.9 Å². The predicted octanol–water partition coefficient (Wildman–Crippen LogP) is 4.22. The van der Waals surface area contributed by atoms with Gasteiger partial charge in [0.05, 0.1) is 6.61 Å². The molecule has 0 unspecified atom stereocenters. The van der Waals surface area contributed by atoms with Crippen LogP contribution in [0.4, 0.5) is 0 Å². The summed E-state index contributed by atoms with van der Waals surface area (Å²) in [4.78, 5) is 9.35. The molecule has 27 heavy (non-hydrogen) atoms. The number of nitrogens with one attached hydrogen (secondary N) is 1. The van der Waals surface area contributed by atoms with Crippen LogP contribution in [0.2, 0.25) is 0 Å². The van der Waals surface area contributed by atoms with Gasteiger partial charge in [-0.2, -0.15) is 0 Å². The van der Waals surface area contributed by atoms with Crippen LogP contribution in [0.15, 0.2) is 29.3 Å². The average molecular weight is 490 g/mol. The molecule has 0 aromatic heterocycles. The van der Waals surface area contributed by atoms with Gasteiger partial charge < -0.3 is 19.9 Å². The smallest absolute Gasteiger partial charge is 0.193 e. The number of benzene rings is 1. The summed E-state index contributed by atoms with van der Waals surface area (Å²) in [6, 6.07) is 8.90. The van der Waals surface area contributed by atoms with Crippen molar-refractivity contribution in [2.45, 2.75) is 53.1 Å². The third-order valence-electron chi connectivity index (χ3n) is 4.41. The third kappa shape index (κ3) is 10.8. The molecule has 0 heterocycles. The van der Waals surface area contributed by atoms with E-state index < -0.39 is 0 Å². The van der Waals surface area contributed by atoms with Crippen LogP contribution in [-0.2, 0) is 6.54 Å². The van der Waals surface area contributed by atoms with Crippen molar-refractivity contribution in [3.63, 3.8) is 0 Å². The summed E-state index contributed by atoms with van der Waals surface area (Å²) in [6.45, 7) is 13.0. The van der Waals surface area contributed by atoms with Gasteiger partial charge in [-0.15, -0.1) is 24.0 Å². The zero-order chi connectivity index (χ0) is 19.4. The monoisotopic (exact) mass is 490 g/mol. The van der Waals surface area contributed by atoms with Crippen molar-refractivity contribution in [2.24, 2.45) is 4.99 Å². The summed E-state index contributed by atoms with van der Waals surface area (Å²) in [5.74, 6) is 1.89. The van der Waals surface area contributed by atoms with E-state index >= 15 is 0 Å². The van der Waals surface area contributed by atoms with E-state index in [2.05, 4.69) is 62.1 Å². The van der Waals surface area contributed by atoms with Gasteiger partial charge in [0.15, 0.2) is 5.96 Å². The second-order valence-corrected chi connectivity index (χ2v) is 6.95. The molecule has 0 atom stereocenters. The lowest BCUT2D eigenvalue weighted by Crippen LogP contribution is -2.38. The lowest BCUT2D eigenvalue weighted by molar-refractivity contribution is 0.269. The molecule has 1 N–H and O–H groups in total. The van der Waals surface area contributed by atoms with Crippen LogP contribution in [0.3, 0.4) is 0 Å². The average Bonchev–Trinajstić information content (AvgIpc) is 2.62. The maximum atomic E-state index is 5.51. The highest BCUT2D eigenvalue weighted by Crippen LogP contribution is 2.13. The van der Waals surface area contributed by atoms with Crippen LogP contribution in [0, 0.1) is 0 Å². The summed E-state index contributed by atoms with van der Waals surface area (Å²) < 4.78 is 5.51. The van der Waals surface area contributed by atoms with E-state index in [0.29, 0.717) is 12.6 Å². The predicted molar refractivity (Wildman–Crippen MR) is 127 cm³/mol. The number of guanidine groups is 1. The molecule has 156 valence electrons. The largest absolute Gasteiger partial charge is 0.494 e. The fourth-order valence-electron chi connectivity index (χ4n) is 2.59. The van der Waals surface area contributed by atoms with Crippen LogP contribution in [-0.4, -0.2) is 62.1 Å². The minimum Gasteiger partial charge on any atom is -0.494 e. The van der Waals surface area contributed by atoms with Gasteiger partial charge in [-0.25, -0.2) is 0 Å². The van der Waals surface area contributed by atoms with E-state index in [4.69, 9.17) is 9.73 Å². The summed E-state index contributed by atoms with van der Waals surface area (Å²) in [5, 5.41) is 3.39.